The first-order valence-corrected chi connectivity index (χ1v) is 5.57. The number of nitrogens with two attached hydrogens (primary N) is 1. The summed E-state index contributed by atoms with van der Waals surface area (Å²) in [4.78, 5) is 18.5. The second-order valence-corrected chi connectivity index (χ2v) is 3.91. The van der Waals surface area contributed by atoms with Crippen LogP contribution in [0.25, 0.3) is 11.4 Å². The van der Waals surface area contributed by atoms with E-state index in [1.165, 1.54) is 0 Å². The van der Waals surface area contributed by atoms with Crippen LogP contribution in [0.15, 0.2) is 16.8 Å². The molecule has 2 aromatic rings. The third kappa shape index (κ3) is 1.95. The number of nitrogens with zero attached hydrogens (tertiary/aromatic N) is 1. The number of primary amides is 1. The average molecular weight is 233 g/mol. The van der Waals surface area contributed by atoms with Crippen LogP contribution in [0.5, 0.6) is 0 Å². The zero-order chi connectivity index (χ0) is 12.4. The molecular weight excluding hydrogens is 218 g/mol. The van der Waals surface area contributed by atoms with Crippen LogP contribution in [0.4, 0.5) is 0 Å². The lowest BCUT2D eigenvalue weighted by Gasteiger charge is -1.98. The fourth-order valence-electron chi connectivity index (χ4n) is 1.92. The normalized spacial score (nSPS) is 10.7. The number of carbonyl (C=O) groups excluding carboxylic acids is 1. The maximum atomic E-state index is 11.3. The first kappa shape index (κ1) is 11.4. The SMILES string of the molecule is CCCc1oc(C(N)=O)c(C)c1-c1ncc[nH]1. The average Bonchev–Trinajstić information content (AvgIpc) is 2.86. The van der Waals surface area contributed by atoms with Crippen molar-refractivity contribution in [1.82, 2.24) is 9.97 Å². The van der Waals surface area contributed by atoms with Crippen molar-refractivity contribution in [2.75, 3.05) is 0 Å². The number of carbonyl (C=O) groups is 1. The Morgan fingerprint density at radius 3 is 2.88 bits per heavy atom. The van der Waals surface area contributed by atoms with E-state index in [-0.39, 0.29) is 5.76 Å². The summed E-state index contributed by atoms with van der Waals surface area (Å²) >= 11 is 0. The molecule has 0 saturated carbocycles. The smallest absolute Gasteiger partial charge is 0.284 e. The molecule has 2 aromatic heterocycles. The van der Waals surface area contributed by atoms with Gasteiger partial charge in [-0.25, -0.2) is 4.98 Å². The Morgan fingerprint density at radius 1 is 1.59 bits per heavy atom. The van der Waals surface area contributed by atoms with Gasteiger partial charge < -0.3 is 15.1 Å². The minimum atomic E-state index is -0.544. The lowest BCUT2D eigenvalue weighted by molar-refractivity contribution is 0.0971. The van der Waals surface area contributed by atoms with E-state index in [2.05, 4.69) is 9.97 Å². The summed E-state index contributed by atoms with van der Waals surface area (Å²) in [5, 5.41) is 0. The Labute approximate surface area is 99.0 Å². The van der Waals surface area contributed by atoms with Gasteiger partial charge in [0.2, 0.25) is 0 Å². The zero-order valence-electron chi connectivity index (χ0n) is 9.91. The highest BCUT2D eigenvalue weighted by atomic mass is 16.4. The molecule has 0 atom stereocenters. The number of aromatic nitrogens is 2. The van der Waals surface area contributed by atoms with Crippen LogP contribution in [0.3, 0.4) is 0 Å². The van der Waals surface area contributed by atoms with Crippen molar-refractivity contribution >= 4 is 5.91 Å². The molecule has 90 valence electrons. The Balaban J connectivity index is 2.59. The van der Waals surface area contributed by atoms with Gasteiger partial charge in [-0.05, 0) is 13.3 Å². The number of imidazole rings is 1. The lowest BCUT2D eigenvalue weighted by Crippen LogP contribution is -2.11. The van der Waals surface area contributed by atoms with E-state index in [0.717, 1.165) is 29.7 Å². The zero-order valence-corrected chi connectivity index (χ0v) is 9.91. The molecule has 5 heteroatoms. The van der Waals surface area contributed by atoms with E-state index in [9.17, 15) is 4.79 Å². The van der Waals surface area contributed by atoms with Gasteiger partial charge in [-0.15, -0.1) is 0 Å². The number of aryl methyl sites for hydroxylation is 1. The fourth-order valence-corrected chi connectivity index (χ4v) is 1.92. The quantitative estimate of drug-likeness (QED) is 0.847. The summed E-state index contributed by atoms with van der Waals surface area (Å²) in [7, 11) is 0. The molecule has 0 aliphatic rings. The molecule has 3 N–H and O–H groups in total. The first-order chi connectivity index (χ1) is 8.15. The minimum Gasteiger partial charge on any atom is -0.455 e. The van der Waals surface area contributed by atoms with Gasteiger partial charge in [0.25, 0.3) is 5.91 Å². The maximum absolute atomic E-state index is 11.3. The van der Waals surface area contributed by atoms with Crippen molar-refractivity contribution in [2.45, 2.75) is 26.7 Å². The number of furan rings is 1. The summed E-state index contributed by atoms with van der Waals surface area (Å²) in [6.45, 7) is 3.87. The fraction of sp³-hybridized carbons (Fsp3) is 0.333. The predicted octanol–water partition coefficient (Wildman–Crippen LogP) is 2.03. The van der Waals surface area contributed by atoms with Crippen LogP contribution in [0.2, 0.25) is 0 Å². The van der Waals surface area contributed by atoms with E-state index < -0.39 is 5.91 Å². The molecule has 2 heterocycles. The number of rotatable bonds is 4. The van der Waals surface area contributed by atoms with Crippen LogP contribution in [0.1, 0.15) is 35.2 Å². The topological polar surface area (TPSA) is 84.9 Å². The molecule has 0 unspecified atom stereocenters. The van der Waals surface area contributed by atoms with E-state index in [0.29, 0.717) is 5.82 Å². The number of H-pyrrole nitrogens is 1. The summed E-state index contributed by atoms with van der Waals surface area (Å²) in [6.07, 6.45) is 5.09. The maximum Gasteiger partial charge on any atom is 0.284 e. The first-order valence-electron chi connectivity index (χ1n) is 5.57. The van der Waals surface area contributed by atoms with Gasteiger partial charge in [-0.1, -0.05) is 6.92 Å². The number of amides is 1. The Kier molecular flexibility index (Phi) is 2.99. The van der Waals surface area contributed by atoms with Crippen molar-refractivity contribution in [1.29, 1.82) is 0 Å². The van der Waals surface area contributed by atoms with Crippen molar-refractivity contribution in [2.24, 2.45) is 5.73 Å². The molecule has 0 saturated heterocycles. The van der Waals surface area contributed by atoms with E-state index in [4.69, 9.17) is 10.2 Å². The highest BCUT2D eigenvalue weighted by molar-refractivity contribution is 5.93. The van der Waals surface area contributed by atoms with Crippen LogP contribution in [-0.2, 0) is 6.42 Å². The van der Waals surface area contributed by atoms with Crippen LogP contribution in [-0.4, -0.2) is 15.9 Å². The van der Waals surface area contributed by atoms with Gasteiger partial charge >= 0.3 is 0 Å². The largest absolute Gasteiger partial charge is 0.455 e. The molecule has 0 spiro atoms. The summed E-state index contributed by atoms with van der Waals surface area (Å²) in [6, 6.07) is 0. The highest BCUT2D eigenvalue weighted by Gasteiger charge is 2.22. The monoisotopic (exact) mass is 233 g/mol. The third-order valence-electron chi connectivity index (χ3n) is 2.66. The van der Waals surface area contributed by atoms with Crippen molar-refractivity contribution in [3.05, 3.63) is 29.5 Å². The molecule has 0 aliphatic heterocycles. The van der Waals surface area contributed by atoms with Gasteiger partial charge in [0.15, 0.2) is 5.76 Å². The number of aromatic amines is 1. The lowest BCUT2D eigenvalue weighted by atomic mass is 10.1. The highest BCUT2D eigenvalue weighted by Crippen LogP contribution is 2.30. The summed E-state index contributed by atoms with van der Waals surface area (Å²) in [5.74, 6) is 1.15. The van der Waals surface area contributed by atoms with Crippen molar-refractivity contribution in [3.8, 4) is 11.4 Å². The van der Waals surface area contributed by atoms with E-state index >= 15 is 0 Å². The second kappa shape index (κ2) is 4.45. The molecule has 2 rings (SSSR count). The van der Waals surface area contributed by atoms with E-state index in [1.54, 1.807) is 12.4 Å². The summed E-state index contributed by atoms with van der Waals surface area (Å²) in [5.41, 5.74) is 6.88. The number of hydrogen-bond donors (Lipinski definition) is 2. The molecule has 0 radical (unpaired) electrons. The number of hydrogen-bond acceptors (Lipinski definition) is 3. The Bertz CT molecular complexity index is 526. The number of nitrogens with one attached hydrogen (secondary N) is 1. The van der Waals surface area contributed by atoms with Gasteiger partial charge in [0.05, 0.1) is 5.56 Å². The Hall–Kier alpha value is -2.04. The van der Waals surface area contributed by atoms with Gasteiger partial charge in [-0.2, -0.15) is 0 Å². The third-order valence-corrected chi connectivity index (χ3v) is 2.66. The Morgan fingerprint density at radius 2 is 2.35 bits per heavy atom. The van der Waals surface area contributed by atoms with Gasteiger partial charge in [0.1, 0.15) is 11.6 Å². The molecule has 0 bridgehead atoms. The summed E-state index contributed by atoms with van der Waals surface area (Å²) < 4.78 is 5.54. The minimum absolute atomic E-state index is 0.222. The molecule has 5 nitrogen and oxygen atoms in total. The van der Waals surface area contributed by atoms with Crippen molar-refractivity contribution < 1.29 is 9.21 Å². The van der Waals surface area contributed by atoms with Crippen molar-refractivity contribution in [3.63, 3.8) is 0 Å². The van der Waals surface area contributed by atoms with Gasteiger partial charge in [0, 0.05) is 24.4 Å². The molecule has 17 heavy (non-hydrogen) atoms. The van der Waals surface area contributed by atoms with E-state index in [1.807, 2.05) is 13.8 Å². The standard InChI is InChI=1S/C12H15N3O2/c1-3-4-8-9(12-14-5-6-15-12)7(2)10(17-8)11(13)16/h5-6H,3-4H2,1-2H3,(H2,13,16)(H,14,15). The second-order valence-electron chi connectivity index (χ2n) is 3.91. The molecule has 0 fully saturated rings. The molecular formula is C12H15N3O2. The predicted molar refractivity (Wildman–Crippen MR) is 63.5 cm³/mol. The molecule has 1 amide bonds. The van der Waals surface area contributed by atoms with Gasteiger partial charge in [-0.3, -0.25) is 4.79 Å². The molecule has 0 aliphatic carbocycles. The van der Waals surface area contributed by atoms with Crippen LogP contribution in [0, 0.1) is 6.92 Å². The molecule has 0 aromatic carbocycles. The van der Waals surface area contributed by atoms with Crippen LogP contribution < -0.4 is 5.73 Å². The van der Waals surface area contributed by atoms with Crippen LogP contribution >= 0.6 is 0 Å².